The maximum atomic E-state index is 10.8. The molecule has 0 aliphatic carbocycles. The molecule has 0 fully saturated rings. The molecule has 0 spiro atoms. The largest absolute Gasteiger partial charge is 0.481 e. The Bertz CT molecular complexity index is 437. The average molecular weight is 290 g/mol. The number of hydrogen-bond donors (Lipinski definition) is 1. The molecule has 100 valence electrons. The van der Waals surface area contributed by atoms with Crippen LogP contribution in [0.5, 0.6) is 0 Å². The normalized spacial score (nSPS) is 14.6. The molecule has 3 nitrogen and oxygen atoms in total. The van der Waals surface area contributed by atoms with E-state index in [1.807, 2.05) is 24.9 Å². The van der Waals surface area contributed by atoms with Gasteiger partial charge < -0.3 is 5.11 Å². The highest BCUT2D eigenvalue weighted by Crippen LogP contribution is 2.29. The Morgan fingerprint density at radius 1 is 1.39 bits per heavy atom. The number of carboxylic acid groups (broad SMARTS) is 1. The van der Waals surface area contributed by atoms with Crippen molar-refractivity contribution in [3.8, 4) is 0 Å². The van der Waals surface area contributed by atoms with E-state index in [2.05, 4.69) is 0 Å². The highest BCUT2D eigenvalue weighted by Gasteiger charge is 2.19. The molecule has 0 saturated heterocycles. The number of carboxylic acids is 1. The summed E-state index contributed by atoms with van der Waals surface area (Å²) in [7, 11) is 1.88. The summed E-state index contributed by atoms with van der Waals surface area (Å²) in [6.07, 6.45) is 0. The molecule has 18 heavy (non-hydrogen) atoms. The van der Waals surface area contributed by atoms with Crippen molar-refractivity contribution < 1.29 is 9.90 Å². The molecular formula is C13H17Cl2NO2. The standard InChI is InChI=1S/C13H17Cl2NO2/c1-8(13(17)18)7-16(3)9(2)11-5-4-10(14)6-12(11)15/h4-6,8-9H,7H2,1-3H3,(H,17,18). The number of rotatable bonds is 5. The monoisotopic (exact) mass is 289 g/mol. The second kappa shape index (κ2) is 6.41. The van der Waals surface area contributed by atoms with Crippen LogP contribution in [0.2, 0.25) is 10.0 Å². The lowest BCUT2D eigenvalue weighted by Gasteiger charge is -2.27. The third kappa shape index (κ3) is 3.87. The molecule has 0 saturated carbocycles. The fourth-order valence-electron chi connectivity index (χ4n) is 1.75. The van der Waals surface area contributed by atoms with Crippen LogP contribution in [0.1, 0.15) is 25.5 Å². The molecule has 0 radical (unpaired) electrons. The number of aliphatic carboxylic acids is 1. The number of carbonyl (C=O) groups is 1. The molecule has 1 N–H and O–H groups in total. The van der Waals surface area contributed by atoms with Gasteiger partial charge in [0.25, 0.3) is 0 Å². The van der Waals surface area contributed by atoms with Crippen molar-refractivity contribution in [1.29, 1.82) is 0 Å². The number of benzene rings is 1. The summed E-state index contributed by atoms with van der Waals surface area (Å²) in [6, 6.07) is 5.39. The van der Waals surface area contributed by atoms with Crippen LogP contribution in [0.3, 0.4) is 0 Å². The van der Waals surface area contributed by atoms with E-state index in [1.54, 1.807) is 19.1 Å². The molecule has 0 aliphatic rings. The van der Waals surface area contributed by atoms with Gasteiger partial charge in [-0.05, 0) is 31.7 Å². The summed E-state index contributed by atoms with van der Waals surface area (Å²) in [5.74, 6) is -1.21. The zero-order chi connectivity index (χ0) is 13.9. The van der Waals surface area contributed by atoms with Gasteiger partial charge in [-0.25, -0.2) is 0 Å². The van der Waals surface area contributed by atoms with Crippen LogP contribution in [-0.2, 0) is 4.79 Å². The van der Waals surface area contributed by atoms with Gasteiger partial charge in [-0.1, -0.05) is 36.2 Å². The lowest BCUT2D eigenvalue weighted by molar-refractivity contribution is -0.141. The molecule has 1 aromatic carbocycles. The van der Waals surface area contributed by atoms with Gasteiger partial charge in [0.15, 0.2) is 0 Å². The Hall–Kier alpha value is -0.770. The smallest absolute Gasteiger partial charge is 0.307 e. The molecule has 5 heteroatoms. The fraction of sp³-hybridized carbons (Fsp3) is 0.462. The zero-order valence-corrected chi connectivity index (χ0v) is 12.2. The summed E-state index contributed by atoms with van der Waals surface area (Å²) < 4.78 is 0. The van der Waals surface area contributed by atoms with Crippen LogP contribution >= 0.6 is 23.2 Å². The Kier molecular flexibility index (Phi) is 5.45. The van der Waals surface area contributed by atoms with Crippen molar-refractivity contribution in [2.45, 2.75) is 19.9 Å². The fourth-order valence-corrected chi connectivity index (χ4v) is 2.31. The lowest BCUT2D eigenvalue weighted by atomic mass is 10.1. The summed E-state index contributed by atoms with van der Waals surface area (Å²) in [4.78, 5) is 12.8. The predicted octanol–water partition coefficient (Wildman–Crippen LogP) is 3.71. The second-order valence-electron chi connectivity index (χ2n) is 4.52. The van der Waals surface area contributed by atoms with Gasteiger partial charge in [0.2, 0.25) is 0 Å². The van der Waals surface area contributed by atoms with E-state index in [0.29, 0.717) is 16.6 Å². The Morgan fingerprint density at radius 2 is 2.00 bits per heavy atom. The van der Waals surface area contributed by atoms with E-state index in [1.165, 1.54) is 0 Å². The van der Waals surface area contributed by atoms with E-state index in [9.17, 15) is 4.79 Å². The van der Waals surface area contributed by atoms with Crippen molar-refractivity contribution in [3.05, 3.63) is 33.8 Å². The number of halogens is 2. The second-order valence-corrected chi connectivity index (χ2v) is 5.36. The number of nitrogens with zero attached hydrogens (tertiary/aromatic N) is 1. The zero-order valence-electron chi connectivity index (χ0n) is 10.7. The molecule has 0 aromatic heterocycles. The highest BCUT2D eigenvalue weighted by atomic mass is 35.5. The quantitative estimate of drug-likeness (QED) is 0.898. The average Bonchev–Trinajstić information content (AvgIpc) is 2.27. The molecule has 2 unspecified atom stereocenters. The molecular weight excluding hydrogens is 273 g/mol. The number of hydrogen-bond acceptors (Lipinski definition) is 2. The molecule has 1 aromatic rings. The van der Waals surface area contributed by atoms with Gasteiger partial charge >= 0.3 is 5.97 Å². The minimum Gasteiger partial charge on any atom is -0.481 e. The summed E-state index contributed by atoms with van der Waals surface area (Å²) in [5, 5.41) is 10.1. The van der Waals surface area contributed by atoms with Crippen molar-refractivity contribution in [2.24, 2.45) is 5.92 Å². The van der Waals surface area contributed by atoms with Gasteiger partial charge in [-0.15, -0.1) is 0 Å². The third-order valence-electron chi connectivity index (χ3n) is 3.06. The lowest BCUT2D eigenvalue weighted by Crippen LogP contribution is -2.30. The first kappa shape index (κ1) is 15.3. The van der Waals surface area contributed by atoms with Crippen molar-refractivity contribution in [3.63, 3.8) is 0 Å². The first-order valence-electron chi connectivity index (χ1n) is 5.71. The topological polar surface area (TPSA) is 40.5 Å². The van der Waals surface area contributed by atoms with Crippen molar-refractivity contribution in [2.75, 3.05) is 13.6 Å². The molecule has 0 bridgehead atoms. The van der Waals surface area contributed by atoms with Crippen LogP contribution in [-0.4, -0.2) is 29.6 Å². The van der Waals surface area contributed by atoms with Crippen LogP contribution in [0.25, 0.3) is 0 Å². The Morgan fingerprint density at radius 3 is 2.50 bits per heavy atom. The Balaban J connectivity index is 2.80. The molecule has 0 heterocycles. The van der Waals surface area contributed by atoms with Crippen molar-refractivity contribution >= 4 is 29.2 Å². The van der Waals surface area contributed by atoms with Gasteiger partial charge in [0.1, 0.15) is 0 Å². The summed E-state index contributed by atoms with van der Waals surface area (Å²) >= 11 is 12.0. The van der Waals surface area contributed by atoms with E-state index in [-0.39, 0.29) is 6.04 Å². The molecule has 1 rings (SSSR count). The van der Waals surface area contributed by atoms with Gasteiger partial charge in [-0.2, -0.15) is 0 Å². The highest BCUT2D eigenvalue weighted by molar-refractivity contribution is 6.35. The van der Waals surface area contributed by atoms with E-state index >= 15 is 0 Å². The van der Waals surface area contributed by atoms with Crippen LogP contribution in [0.4, 0.5) is 0 Å². The minimum atomic E-state index is -0.795. The maximum absolute atomic E-state index is 10.8. The van der Waals surface area contributed by atoms with Gasteiger partial charge in [0, 0.05) is 22.6 Å². The first-order chi connectivity index (χ1) is 8.32. The summed E-state index contributed by atoms with van der Waals surface area (Å²) in [5.41, 5.74) is 0.946. The maximum Gasteiger partial charge on any atom is 0.307 e. The molecule has 0 amide bonds. The molecule has 0 aliphatic heterocycles. The van der Waals surface area contributed by atoms with E-state index in [4.69, 9.17) is 28.3 Å². The Labute approximate surface area is 117 Å². The first-order valence-corrected chi connectivity index (χ1v) is 6.46. The van der Waals surface area contributed by atoms with E-state index < -0.39 is 11.9 Å². The van der Waals surface area contributed by atoms with E-state index in [0.717, 1.165) is 5.56 Å². The summed E-state index contributed by atoms with van der Waals surface area (Å²) in [6.45, 7) is 4.15. The van der Waals surface area contributed by atoms with Crippen LogP contribution in [0, 0.1) is 5.92 Å². The minimum absolute atomic E-state index is 0.0385. The van der Waals surface area contributed by atoms with Crippen molar-refractivity contribution in [1.82, 2.24) is 4.90 Å². The van der Waals surface area contributed by atoms with Gasteiger partial charge in [0.05, 0.1) is 5.92 Å². The van der Waals surface area contributed by atoms with Gasteiger partial charge in [-0.3, -0.25) is 9.69 Å². The van der Waals surface area contributed by atoms with Crippen LogP contribution < -0.4 is 0 Å². The predicted molar refractivity (Wildman–Crippen MR) is 74.3 cm³/mol. The third-order valence-corrected chi connectivity index (χ3v) is 3.62. The molecule has 2 atom stereocenters. The SMILES string of the molecule is CC(CN(C)C(C)c1ccc(Cl)cc1Cl)C(=O)O. The van der Waals surface area contributed by atoms with Crippen LogP contribution in [0.15, 0.2) is 18.2 Å².